The second-order valence-corrected chi connectivity index (χ2v) is 6.93. The number of aromatic amines is 1. The molecule has 1 N–H and O–H groups in total. The van der Waals surface area contributed by atoms with E-state index in [1.165, 1.54) is 5.56 Å². The van der Waals surface area contributed by atoms with E-state index >= 15 is 0 Å². The van der Waals surface area contributed by atoms with E-state index in [9.17, 15) is 4.79 Å². The van der Waals surface area contributed by atoms with Crippen LogP contribution in [0.1, 0.15) is 11.1 Å². The number of thiophene rings is 1. The molecule has 2 aromatic heterocycles. The first-order chi connectivity index (χ1) is 11.6. The SMILES string of the molecule is Cc1ccccc1CN(C)C(=O)Cn1c(-c2cccs2)n[nH]c1=S. The van der Waals surface area contributed by atoms with Crippen molar-refractivity contribution in [3.05, 3.63) is 57.7 Å². The van der Waals surface area contributed by atoms with Crippen LogP contribution in [0.25, 0.3) is 10.7 Å². The molecule has 3 rings (SSSR count). The molecular formula is C17H18N4OS2. The Labute approximate surface area is 149 Å². The summed E-state index contributed by atoms with van der Waals surface area (Å²) in [5.41, 5.74) is 2.32. The molecule has 1 amide bonds. The largest absolute Gasteiger partial charge is 0.340 e. The zero-order chi connectivity index (χ0) is 17.1. The highest BCUT2D eigenvalue weighted by atomic mass is 32.1. The van der Waals surface area contributed by atoms with Gasteiger partial charge in [-0.1, -0.05) is 30.3 Å². The van der Waals surface area contributed by atoms with Gasteiger partial charge in [0.25, 0.3) is 0 Å². The Morgan fingerprint density at radius 3 is 2.83 bits per heavy atom. The summed E-state index contributed by atoms with van der Waals surface area (Å²) in [4.78, 5) is 15.3. The Kier molecular flexibility index (Phi) is 4.92. The Morgan fingerprint density at radius 2 is 2.12 bits per heavy atom. The number of carbonyl (C=O) groups excluding carboxylic acids is 1. The van der Waals surface area contributed by atoms with Crippen LogP contribution < -0.4 is 0 Å². The molecule has 0 aliphatic carbocycles. The van der Waals surface area contributed by atoms with Crippen molar-refractivity contribution in [3.8, 4) is 10.7 Å². The zero-order valence-corrected chi connectivity index (χ0v) is 15.2. The number of H-pyrrole nitrogens is 1. The van der Waals surface area contributed by atoms with Crippen molar-refractivity contribution in [2.75, 3.05) is 7.05 Å². The average Bonchev–Trinajstić information content (AvgIpc) is 3.20. The summed E-state index contributed by atoms with van der Waals surface area (Å²) in [7, 11) is 1.81. The second kappa shape index (κ2) is 7.11. The molecular weight excluding hydrogens is 340 g/mol. The highest BCUT2D eigenvalue weighted by Crippen LogP contribution is 2.22. The highest BCUT2D eigenvalue weighted by Gasteiger charge is 2.16. The lowest BCUT2D eigenvalue weighted by molar-refractivity contribution is -0.131. The minimum Gasteiger partial charge on any atom is -0.340 e. The lowest BCUT2D eigenvalue weighted by atomic mass is 10.1. The molecule has 7 heteroatoms. The third kappa shape index (κ3) is 3.47. The molecule has 0 spiro atoms. The van der Waals surface area contributed by atoms with E-state index in [4.69, 9.17) is 12.2 Å². The average molecular weight is 358 g/mol. The van der Waals surface area contributed by atoms with E-state index in [1.54, 1.807) is 20.8 Å². The smallest absolute Gasteiger partial charge is 0.242 e. The maximum atomic E-state index is 12.6. The summed E-state index contributed by atoms with van der Waals surface area (Å²) in [6.07, 6.45) is 0. The number of nitrogens with one attached hydrogen (secondary N) is 1. The lowest BCUT2D eigenvalue weighted by Crippen LogP contribution is -2.30. The maximum absolute atomic E-state index is 12.6. The van der Waals surface area contributed by atoms with E-state index in [0.29, 0.717) is 17.1 Å². The van der Waals surface area contributed by atoms with E-state index in [-0.39, 0.29) is 12.5 Å². The fraction of sp³-hybridized carbons (Fsp3) is 0.235. The third-order valence-corrected chi connectivity index (χ3v) is 5.07. The van der Waals surface area contributed by atoms with E-state index in [0.717, 1.165) is 10.4 Å². The molecule has 0 saturated carbocycles. The van der Waals surface area contributed by atoms with E-state index < -0.39 is 0 Å². The van der Waals surface area contributed by atoms with Crippen molar-refractivity contribution < 1.29 is 4.79 Å². The zero-order valence-electron chi connectivity index (χ0n) is 13.5. The van der Waals surface area contributed by atoms with Crippen LogP contribution in [0.15, 0.2) is 41.8 Å². The molecule has 24 heavy (non-hydrogen) atoms. The van der Waals surface area contributed by atoms with Gasteiger partial charge in [-0.3, -0.25) is 14.5 Å². The molecule has 0 atom stereocenters. The number of likely N-dealkylation sites (N-methyl/N-ethyl adjacent to an activating group) is 1. The summed E-state index contributed by atoms with van der Waals surface area (Å²) in [5, 5.41) is 9.01. The maximum Gasteiger partial charge on any atom is 0.242 e. The molecule has 124 valence electrons. The van der Waals surface area contributed by atoms with Crippen molar-refractivity contribution in [2.24, 2.45) is 0 Å². The fourth-order valence-electron chi connectivity index (χ4n) is 2.45. The number of benzene rings is 1. The molecule has 0 fully saturated rings. The number of aromatic nitrogens is 3. The summed E-state index contributed by atoms with van der Waals surface area (Å²) in [6, 6.07) is 12.0. The van der Waals surface area contributed by atoms with Crippen LogP contribution in [0.3, 0.4) is 0 Å². The number of rotatable bonds is 5. The van der Waals surface area contributed by atoms with Crippen molar-refractivity contribution in [3.63, 3.8) is 0 Å². The molecule has 3 aromatic rings. The van der Waals surface area contributed by atoms with Gasteiger partial charge in [0.1, 0.15) is 6.54 Å². The minimum atomic E-state index is -0.00596. The number of amides is 1. The lowest BCUT2D eigenvalue weighted by Gasteiger charge is -2.19. The van der Waals surface area contributed by atoms with Crippen LogP contribution in [0.2, 0.25) is 0 Å². The van der Waals surface area contributed by atoms with Gasteiger partial charge in [-0.15, -0.1) is 11.3 Å². The monoisotopic (exact) mass is 358 g/mol. The Morgan fingerprint density at radius 1 is 1.33 bits per heavy atom. The topological polar surface area (TPSA) is 53.9 Å². The summed E-state index contributed by atoms with van der Waals surface area (Å²) in [5.74, 6) is 0.696. The fourth-order valence-corrected chi connectivity index (χ4v) is 3.36. The van der Waals surface area contributed by atoms with Crippen molar-refractivity contribution in [2.45, 2.75) is 20.0 Å². The molecule has 0 saturated heterocycles. The van der Waals surface area contributed by atoms with Crippen molar-refractivity contribution in [1.82, 2.24) is 19.7 Å². The van der Waals surface area contributed by atoms with Crippen molar-refractivity contribution >= 4 is 29.5 Å². The van der Waals surface area contributed by atoms with Crippen LogP contribution in [-0.2, 0) is 17.9 Å². The van der Waals surface area contributed by atoms with E-state index in [1.807, 2.05) is 42.8 Å². The van der Waals surface area contributed by atoms with E-state index in [2.05, 4.69) is 23.2 Å². The van der Waals surface area contributed by atoms with Gasteiger partial charge < -0.3 is 4.90 Å². The normalized spacial score (nSPS) is 10.8. The van der Waals surface area contributed by atoms with Crippen molar-refractivity contribution in [1.29, 1.82) is 0 Å². The van der Waals surface area contributed by atoms with Crippen LogP contribution in [-0.4, -0.2) is 32.6 Å². The number of carbonyl (C=O) groups is 1. The number of hydrogen-bond donors (Lipinski definition) is 1. The molecule has 2 heterocycles. The van der Waals surface area contributed by atoms with Crippen LogP contribution >= 0.6 is 23.6 Å². The predicted octanol–water partition coefficient (Wildman–Crippen LogP) is 3.64. The van der Waals surface area contributed by atoms with Gasteiger partial charge >= 0.3 is 0 Å². The molecule has 0 radical (unpaired) electrons. The Hall–Kier alpha value is -2.25. The molecule has 1 aromatic carbocycles. The minimum absolute atomic E-state index is 0.00596. The first kappa shape index (κ1) is 16.6. The standard InChI is InChI=1S/C17H18N4OS2/c1-12-6-3-4-7-13(12)10-20(2)15(22)11-21-16(18-19-17(21)23)14-8-5-9-24-14/h3-9H,10-11H2,1-2H3,(H,19,23). The van der Waals surface area contributed by atoms with Gasteiger partial charge in [0.15, 0.2) is 10.6 Å². The first-order valence-electron chi connectivity index (χ1n) is 7.54. The van der Waals surface area contributed by atoms with Gasteiger partial charge in [0.2, 0.25) is 5.91 Å². The quantitative estimate of drug-likeness (QED) is 0.709. The van der Waals surface area contributed by atoms with Gasteiger partial charge in [-0.05, 0) is 41.7 Å². The van der Waals surface area contributed by atoms with Crippen LogP contribution in [0.4, 0.5) is 0 Å². The molecule has 0 unspecified atom stereocenters. The second-order valence-electron chi connectivity index (χ2n) is 5.59. The van der Waals surface area contributed by atoms with Gasteiger partial charge in [0.05, 0.1) is 4.88 Å². The highest BCUT2D eigenvalue weighted by molar-refractivity contribution is 7.71. The number of aryl methyl sites for hydroxylation is 1. The predicted molar refractivity (Wildman–Crippen MR) is 98.4 cm³/mol. The Balaban J connectivity index is 1.77. The van der Waals surface area contributed by atoms with Crippen LogP contribution in [0, 0.1) is 11.7 Å². The molecule has 5 nitrogen and oxygen atoms in total. The number of hydrogen-bond acceptors (Lipinski definition) is 4. The van der Waals surface area contributed by atoms with Gasteiger partial charge in [0, 0.05) is 13.6 Å². The first-order valence-corrected chi connectivity index (χ1v) is 8.82. The molecule has 0 aliphatic heterocycles. The molecule has 0 aliphatic rings. The summed E-state index contributed by atoms with van der Waals surface area (Å²) in [6.45, 7) is 2.80. The summed E-state index contributed by atoms with van der Waals surface area (Å²) < 4.78 is 2.20. The van der Waals surface area contributed by atoms with Gasteiger partial charge in [-0.2, -0.15) is 5.10 Å². The number of nitrogens with zero attached hydrogens (tertiary/aromatic N) is 3. The van der Waals surface area contributed by atoms with Gasteiger partial charge in [-0.25, -0.2) is 0 Å². The summed E-state index contributed by atoms with van der Waals surface area (Å²) >= 11 is 6.85. The van der Waals surface area contributed by atoms with Crippen LogP contribution in [0.5, 0.6) is 0 Å². The Bertz CT molecular complexity index is 895. The third-order valence-electron chi connectivity index (χ3n) is 3.89. The molecule has 0 bridgehead atoms.